The minimum Gasteiger partial charge on any atom is -0.480 e. The number of carboxylic acid groups (broad SMARTS) is 1. The average Bonchev–Trinajstić information content (AvgIpc) is 2.38. The fourth-order valence-electron chi connectivity index (χ4n) is 1.80. The largest absolute Gasteiger partial charge is 0.480 e. The van der Waals surface area contributed by atoms with Crippen LogP contribution in [0.25, 0.3) is 0 Å². The number of carboxylic acids is 1. The van der Waals surface area contributed by atoms with Crippen LogP contribution in [0, 0.1) is 6.92 Å². The van der Waals surface area contributed by atoms with E-state index in [0.29, 0.717) is 19.4 Å². The molecule has 0 bridgehead atoms. The van der Waals surface area contributed by atoms with E-state index in [2.05, 4.69) is 15.6 Å². The molecular weight excluding hydrogens is 258 g/mol. The molecule has 0 aliphatic rings. The lowest BCUT2D eigenvalue weighted by atomic mass is 9.97. The third-order valence-electron chi connectivity index (χ3n) is 3.04. The lowest BCUT2D eigenvalue weighted by molar-refractivity contribution is -0.144. The highest BCUT2D eigenvalue weighted by molar-refractivity contribution is 5.85. The van der Waals surface area contributed by atoms with Crippen LogP contribution in [-0.2, 0) is 11.3 Å². The lowest BCUT2D eigenvalue weighted by Gasteiger charge is -2.25. The molecule has 0 aromatic carbocycles. The minimum absolute atomic E-state index is 0.306. The van der Waals surface area contributed by atoms with E-state index < -0.39 is 17.5 Å². The first-order valence-electron chi connectivity index (χ1n) is 6.58. The van der Waals surface area contributed by atoms with Gasteiger partial charge in [-0.2, -0.15) is 0 Å². The second kappa shape index (κ2) is 6.88. The maximum atomic E-state index is 11.8. The summed E-state index contributed by atoms with van der Waals surface area (Å²) in [5, 5.41) is 14.3. The molecule has 1 heterocycles. The number of rotatable bonds is 6. The van der Waals surface area contributed by atoms with Crippen molar-refractivity contribution in [1.82, 2.24) is 15.6 Å². The van der Waals surface area contributed by atoms with Crippen molar-refractivity contribution in [2.75, 3.05) is 0 Å². The Labute approximate surface area is 118 Å². The zero-order valence-electron chi connectivity index (χ0n) is 12.1. The highest BCUT2D eigenvalue weighted by Crippen LogP contribution is 2.12. The molecule has 20 heavy (non-hydrogen) atoms. The fourth-order valence-corrected chi connectivity index (χ4v) is 1.80. The number of pyridine rings is 1. The Morgan fingerprint density at radius 1 is 1.40 bits per heavy atom. The predicted molar refractivity (Wildman–Crippen MR) is 75.3 cm³/mol. The molecule has 110 valence electrons. The van der Waals surface area contributed by atoms with Gasteiger partial charge in [-0.25, -0.2) is 9.59 Å². The third kappa shape index (κ3) is 4.53. The number of hydrogen-bond donors (Lipinski definition) is 3. The molecule has 1 aromatic heterocycles. The highest BCUT2D eigenvalue weighted by atomic mass is 16.4. The van der Waals surface area contributed by atoms with Crippen LogP contribution in [0.5, 0.6) is 0 Å². The van der Waals surface area contributed by atoms with Crippen LogP contribution >= 0.6 is 0 Å². The topological polar surface area (TPSA) is 91.3 Å². The first kappa shape index (κ1) is 15.9. The molecule has 6 heteroatoms. The SMILES string of the molecule is CCCC(C)(NC(=O)NCc1ccc(C)nc1)C(=O)O. The molecule has 0 aliphatic heterocycles. The Bertz CT molecular complexity index is 473. The summed E-state index contributed by atoms with van der Waals surface area (Å²) in [6.07, 6.45) is 2.73. The number of carbonyl (C=O) groups is 2. The van der Waals surface area contributed by atoms with Crippen molar-refractivity contribution in [3.05, 3.63) is 29.6 Å². The van der Waals surface area contributed by atoms with Gasteiger partial charge in [0, 0.05) is 18.4 Å². The molecule has 0 saturated heterocycles. The number of hydrogen-bond acceptors (Lipinski definition) is 3. The fraction of sp³-hybridized carbons (Fsp3) is 0.500. The summed E-state index contributed by atoms with van der Waals surface area (Å²) < 4.78 is 0. The van der Waals surface area contributed by atoms with Gasteiger partial charge in [-0.05, 0) is 31.9 Å². The summed E-state index contributed by atoms with van der Waals surface area (Å²) in [5.41, 5.74) is 0.516. The standard InChI is InChI=1S/C14H21N3O3/c1-4-7-14(3,12(18)19)17-13(20)16-9-11-6-5-10(2)15-8-11/h5-6,8H,4,7,9H2,1-3H3,(H,18,19)(H2,16,17,20). The number of aryl methyl sites for hydroxylation is 1. The van der Waals surface area contributed by atoms with E-state index in [1.165, 1.54) is 6.92 Å². The monoisotopic (exact) mass is 279 g/mol. The van der Waals surface area contributed by atoms with E-state index in [-0.39, 0.29) is 0 Å². The second-order valence-electron chi connectivity index (χ2n) is 5.00. The van der Waals surface area contributed by atoms with Gasteiger partial charge in [0.2, 0.25) is 0 Å². The van der Waals surface area contributed by atoms with Crippen LogP contribution in [0.1, 0.15) is 37.9 Å². The molecule has 1 unspecified atom stereocenters. The molecule has 0 saturated carbocycles. The zero-order valence-corrected chi connectivity index (χ0v) is 12.1. The third-order valence-corrected chi connectivity index (χ3v) is 3.04. The van der Waals surface area contributed by atoms with Gasteiger partial charge in [0.25, 0.3) is 0 Å². The van der Waals surface area contributed by atoms with Crippen molar-refractivity contribution < 1.29 is 14.7 Å². The van der Waals surface area contributed by atoms with Crippen LogP contribution in [0.3, 0.4) is 0 Å². The van der Waals surface area contributed by atoms with Gasteiger partial charge in [-0.3, -0.25) is 4.98 Å². The van der Waals surface area contributed by atoms with E-state index in [1.807, 2.05) is 26.0 Å². The predicted octanol–water partition coefficient (Wildman–Crippen LogP) is 1.83. The van der Waals surface area contributed by atoms with Crippen LogP contribution in [0.15, 0.2) is 18.3 Å². The summed E-state index contributed by atoms with van der Waals surface area (Å²) in [6.45, 7) is 5.57. The summed E-state index contributed by atoms with van der Waals surface area (Å²) in [6, 6.07) is 3.22. The smallest absolute Gasteiger partial charge is 0.329 e. The maximum absolute atomic E-state index is 11.8. The Morgan fingerprint density at radius 2 is 2.10 bits per heavy atom. The van der Waals surface area contributed by atoms with E-state index in [4.69, 9.17) is 0 Å². The molecule has 0 aliphatic carbocycles. The first-order chi connectivity index (χ1) is 9.37. The van der Waals surface area contributed by atoms with Crippen LogP contribution in [-0.4, -0.2) is 27.6 Å². The normalized spacial score (nSPS) is 13.3. The van der Waals surface area contributed by atoms with Gasteiger partial charge in [-0.1, -0.05) is 19.4 Å². The second-order valence-corrected chi connectivity index (χ2v) is 5.00. The van der Waals surface area contributed by atoms with E-state index in [9.17, 15) is 14.7 Å². The molecule has 2 amide bonds. The molecule has 0 spiro atoms. The van der Waals surface area contributed by atoms with E-state index in [0.717, 1.165) is 11.3 Å². The molecule has 0 radical (unpaired) electrons. The number of aromatic nitrogens is 1. The number of urea groups is 1. The molecule has 1 rings (SSSR count). The number of aliphatic carboxylic acids is 1. The minimum atomic E-state index is -1.25. The van der Waals surface area contributed by atoms with Crippen LogP contribution < -0.4 is 10.6 Å². The van der Waals surface area contributed by atoms with Gasteiger partial charge >= 0.3 is 12.0 Å². The molecule has 3 N–H and O–H groups in total. The van der Waals surface area contributed by atoms with Crippen molar-refractivity contribution in [2.24, 2.45) is 0 Å². The molecular formula is C14H21N3O3. The Morgan fingerprint density at radius 3 is 2.60 bits per heavy atom. The van der Waals surface area contributed by atoms with Crippen molar-refractivity contribution in [3.63, 3.8) is 0 Å². The van der Waals surface area contributed by atoms with Gasteiger partial charge in [0.1, 0.15) is 5.54 Å². The highest BCUT2D eigenvalue weighted by Gasteiger charge is 2.33. The van der Waals surface area contributed by atoms with E-state index >= 15 is 0 Å². The average molecular weight is 279 g/mol. The summed E-state index contributed by atoms with van der Waals surface area (Å²) in [4.78, 5) is 27.1. The van der Waals surface area contributed by atoms with Crippen LogP contribution in [0.2, 0.25) is 0 Å². The molecule has 6 nitrogen and oxygen atoms in total. The number of carbonyl (C=O) groups excluding carboxylic acids is 1. The van der Waals surface area contributed by atoms with Gasteiger partial charge < -0.3 is 15.7 Å². The van der Waals surface area contributed by atoms with Gasteiger partial charge in [-0.15, -0.1) is 0 Å². The van der Waals surface area contributed by atoms with Crippen molar-refractivity contribution in [1.29, 1.82) is 0 Å². The summed E-state index contributed by atoms with van der Waals surface area (Å²) in [7, 11) is 0. The molecule has 1 atom stereocenters. The van der Waals surface area contributed by atoms with Gasteiger partial charge in [0.15, 0.2) is 0 Å². The first-order valence-corrected chi connectivity index (χ1v) is 6.58. The van der Waals surface area contributed by atoms with Crippen molar-refractivity contribution in [2.45, 2.75) is 45.7 Å². The Balaban J connectivity index is 2.54. The molecule has 0 fully saturated rings. The summed E-state index contributed by atoms with van der Waals surface area (Å²) in [5.74, 6) is -1.04. The van der Waals surface area contributed by atoms with Crippen molar-refractivity contribution >= 4 is 12.0 Å². The zero-order chi connectivity index (χ0) is 15.2. The molecule has 1 aromatic rings. The van der Waals surface area contributed by atoms with Gasteiger partial charge in [0.05, 0.1) is 0 Å². The van der Waals surface area contributed by atoms with Crippen LogP contribution in [0.4, 0.5) is 4.79 Å². The maximum Gasteiger partial charge on any atom is 0.329 e. The Hall–Kier alpha value is -2.11. The number of nitrogens with zero attached hydrogens (tertiary/aromatic N) is 1. The quantitative estimate of drug-likeness (QED) is 0.741. The summed E-state index contributed by atoms with van der Waals surface area (Å²) >= 11 is 0. The Kier molecular flexibility index (Phi) is 5.49. The number of amides is 2. The number of nitrogens with one attached hydrogen (secondary N) is 2. The van der Waals surface area contributed by atoms with Crippen molar-refractivity contribution in [3.8, 4) is 0 Å². The van der Waals surface area contributed by atoms with E-state index in [1.54, 1.807) is 6.20 Å². The lowest BCUT2D eigenvalue weighted by Crippen LogP contribution is -2.55.